The van der Waals surface area contributed by atoms with Crippen molar-refractivity contribution in [2.24, 2.45) is 5.92 Å². The molecule has 0 saturated carbocycles. The maximum Gasteiger partial charge on any atom is 0.259 e. The molecule has 1 aromatic heterocycles. The number of amides is 1. The molecular formula is C19H24N4O. The van der Waals surface area contributed by atoms with Crippen LogP contribution in [0.2, 0.25) is 0 Å². The molecule has 1 amide bonds. The van der Waals surface area contributed by atoms with E-state index in [1.54, 1.807) is 6.20 Å². The molecular weight excluding hydrogens is 300 g/mol. The first-order valence-corrected chi connectivity index (χ1v) is 8.23. The van der Waals surface area contributed by atoms with E-state index in [1.165, 1.54) is 0 Å². The van der Waals surface area contributed by atoms with Crippen LogP contribution in [0.15, 0.2) is 42.6 Å². The van der Waals surface area contributed by atoms with Crippen molar-refractivity contribution in [1.82, 2.24) is 4.98 Å². The molecule has 5 heteroatoms. The summed E-state index contributed by atoms with van der Waals surface area (Å²) in [5.41, 5.74) is 2.67. The highest BCUT2D eigenvalue weighted by Gasteiger charge is 2.27. The molecule has 0 radical (unpaired) electrons. The van der Waals surface area contributed by atoms with E-state index < -0.39 is 0 Å². The molecule has 0 unspecified atom stereocenters. The van der Waals surface area contributed by atoms with Gasteiger partial charge in [-0.1, -0.05) is 19.1 Å². The van der Waals surface area contributed by atoms with Gasteiger partial charge in [0.2, 0.25) is 0 Å². The van der Waals surface area contributed by atoms with Crippen molar-refractivity contribution >= 4 is 23.1 Å². The normalized spacial score (nSPS) is 17.2. The smallest absolute Gasteiger partial charge is 0.259 e. The van der Waals surface area contributed by atoms with Crippen LogP contribution < -0.4 is 14.7 Å². The molecule has 3 rings (SSSR count). The highest BCUT2D eigenvalue weighted by atomic mass is 16.2. The Morgan fingerprint density at radius 3 is 2.46 bits per heavy atom. The summed E-state index contributed by atoms with van der Waals surface area (Å²) in [6.45, 7) is 3.81. The summed E-state index contributed by atoms with van der Waals surface area (Å²) in [5.74, 6) is 1.23. The van der Waals surface area contributed by atoms with E-state index >= 15 is 0 Å². The third-order valence-electron chi connectivity index (χ3n) is 4.36. The van der Waals surface area contributed by atoms with Gasteiger partial charge >= 0.3 is 0 Å². The topological polar surface area (TPSA) is 39.7 Å². The predicted molar refractivity (Wildman–Crippen MR) is 99.1 cm³/mol. The predicted octanol–water partition coefficient (Wildman–Crippen LogP) is 2.88. The van der Waals surface area contributed by atoms with Gasteiger partial charge in [0, 0.05) is 40.4 Å². The minimum absolute atomic E-state index is 0.00223. The molecule has 1 aliphatic rings. The number of hydrogen-bond donors (Lipinski definition) is 0. The van der Waals surface area contributed by atoms with Gasteiger partial charge in [-0.05, 0) is 30.2 Å². The molecule has 1 aromatic carbocycles. The number of pyridine rings is 1. The van der Waals surface area contributed by atoms with Crippen molar-refractivity contribution in [3.63, 3.8) is 0 Å². The van der Waals surface area contributed by atoms with Crippen LogP contribution in [0.25, 0.3) is 0 Å². The molecule has 0 fully saturated rings. The van der Waals surface area contributed by atoms with Gasteiger partial charge in [-0.25, -0.2) is 4.98 Å². The Morgan fingerprint density at radius 2 is 1.83 bits per heavy atom. The number of carbonyl (C=O) groups is 1. The van der Waals surface area contributed by atoms with Gasteiger partial charge in [0.25, 0.3) is 5.91 Å². The van der Waals surface area contributed by atoms with Crippen LogP contribution in [0.5, 0.6) is 0 Å². The van der Waals surface area contributed by atoms with Crippen LogP contribution in [0.3, 0.4) is 0 Å². The van der Waals surface area contributed by atoms with Gasteiger partial charge < -0.3 is 14.7 Å². The number of anilines is 3. The number of rotatable bonds is 2. The van der Waals surface area contributed by atoms with Crippen molar-refractivity contribution in [2.45, 2.75) is 6.92 Å². The molecule has 2 heterocycles. The third kappa shape index (κ3) is 3.07. The number of benzene rings is 1. The summed E-state index contributed by atoms with van der Waals surface area (Å²) >= 11 is 0. The SMILES string of the molecule is C[C@H]1CN(C)c2ccccc2N(C(=O)c2ccc(N(C)C)nc2)C1. The quantitative estimate of drug-likeness (QED) is 0.851. The van der Waals surface area contributed by atoms with Gasteiger partial charge in [-0.2, -0.15) is 0 Å². The minimum atomic E-state index is 0.00223. The molecule has 0 saturated heterocycles. The van der Waals surface area contributed by atoms with E-state index in [9.17, 15) is 4.79 Å². The largest absolute Gasteiger partial charge is 0.373 e. The zero-order valence-electron chi connectivity index (χ0n) is 14.7. The standard InChI is InChI=1S/C19H24N4O/c1-14-12-22(4)16-7-5-6-8-17(16)23(13-14)19(24)15-9-10-18(20-11-15)21(2)3/h5-11,14H,12-13H2,1-4H3/t14-/m0/s1. The molecule has 0 spiro atoms. The number of hydrogen-bond acceptors (Lipinski definition) is 4. The average molecular weight is 324 g/mol. The Kier molecular flexibility index (Phi) is 4.42. The zero-order chi connectivity index (χ0) is 17.3. The van der Waals surface area contributed by atoms with Crippen LogP contribution in [0, 0.1) is 5.92 Å². The lowest BCUT2D eigenvalue weighted by molar-refractivity contribution is 0.0984. The second-order valence-electron chi connectivity index (χ2n) is 6.69. The van der Waals surface area contributed by atoms with E-state index in [1.807, 2.05) is 54.2 Å². The van der Waals surface area contributed by atoms with E-state index in [4.69, 9.17) is 0 Å². The number of carbonyl (C=O) groups excluding carboxylic acids is 1. The van der Waals surface area contributed by atoms with E-state index in [-0.39, 0.29) is 5.91 Å². The fourth-order valence-corrected chi connectivity index (χ4v) is 3.17. The van der Waals surface area contributed by atoms with Gasteiger partial charge in [0.05, 0.1) is 16.9 Å². The Labute approximate surface area is 143 Å². The lowest BCUT2D eigenvalue weighted by Crippen LogP contribution is -2.35. The second-order valence-corrected chi connectivity index (χ2v) is 6.69. The summed E-state index contributed by atoms with van der Waals surface area (Å²) in [5, 5.41) is 0. The summed E-state index contributed by atoms with van der Waals surface area (Å²) in [7, 11) is 5.95. The fraction of sp³-hybridized carbons (Fsp3) is 0.368. The summed E-state index contributed by atoms with van der Waals surface area (Å²) in [6.07, 6.45) is 1.67. The van der Waals surface area contributed by atoms with E-state index in [0.717, 1.165) is 23.7 Å². The number of aromatic nitrogens is 1. The Bertz CT molecular complexity index is 726. The monoisotopic (exact) mass is 324 g/mol. The number of nitrogens with zero attached hydrogens (tertiary/aromatic N) is 4. The van der Waals surface area contributed by atoms with E-state index in [0.29, 0.717) is 18.0 Å². The molecule has 5 nitrogen and oxygen atoms in total. The van der Waals surface area contributed by atoms with Gasteiger partial charge in [-0.15, -0.1) is 0 Å². The van der Waals surface area contributed by atoms with Crippen LogP contribution in [0.4, 0.5) is 17.2 Å². The summed E-state index contributed by atoms with van der Waals surface area (Å²) in [6, 6.07) is 11.8. The minimum Gasteiger partial charge on any atom is -0.373 e. The summed E-state index contributed by atoms with van der Waals surface area (Å²) in [4.78, 5) is 23.5. The first kappa shape index (κ1) is 16.3. The van der Waals surface area contributed by atoms with Gasteiger partial charge in [-0.3, -0.25) is 4.79 Å². The van der Waals surface area contributed by atoms with Crippen molar-refractivity contribution in [2.75, 3.05) is 48.9 Å². The van der Waals surface area contributed by atoms with Crippen molar-refractivity contribution < 1.29 is 4.79 Å². The highest BCUT2D eigenvalue weighted by molar-refractivity contribution is 6.07. The highest BCUT2D eigenvalue weighted by Crippen LogP contribution is 2.33. The maximum atomic E-state index is 13.1. The third-order valence-corrected chi connectivity index (χ3v) is 4.36. The lowest BCUT2D eigenvalue weighted by Gasteiger charge is -2.24. The Morgan fingerprint density at radius 1 is 1.12 bits per heavy atom. The van der Waals surface area contributed by atoms with Crippen LogP contribution in [-0.2, 0) is 0 Å². The molecule has 24 heavy (non-hydrogen) atoms. The fourth-order valence-electron chi connectivity index (χ4n) is 3.17. The maximum absolute atomic E-state index is 13.1. The van der Waals surface area contributed by atoms with Crippen LogP contribution in [0.1, 0.15) is 17.3 Å². The van der Waals surface area contributed by atoms with E-state index in [2.05, 4.69) is 29.9 Å². The number of fused-ring (bicyclic) bond motifs is 1. The van der Waals surface area contributed by atoms with Crippen molar-refractivity contribution in [1.29, 1.82) is 0 Å². The first-order chi connectivity index (χ1) is 11.5. The Hall–Kier alpha value is -2.56. The molecule has 126 valence electrons. The lowest BCUT2D eigenvalue weighted by atomic mass is 10.1. The molecule has 0 N–H and O–H groups in total. The molecule has 0 aliphatic carbocycles. The van der Waals surface area contributed by atoms with Gasteiger partial charge in [0.15, 0.2) is 0 Å². The van der Waals surface area contributed by atoms with Crippen LogP contribution in [-0.4, -0.2) is 45.1 Å². The van der Waals surface area contributed by atoms with Crippen molar-refractivity contribution in [3.8, 4) is 0 Å². The molecule has 2 aromatic rings. The Balaban J connectivity index is 1.97. The van der Waals surface area contributed by atoms with Gasteiger partial charge in [0.1, 0.15) is 5.82 Å². The zero-order valence-corrected chi connectivity index (χ0v) is 14.7. The van der Waals surface area contributed by atoms with Crippen molar-refractivity contribution in [3.05, 3.63) is 48.2 Å². The molecule has 0 bridgehead atoms. The molecule has 1 atom stereocenters. The second kappa shape index (κ2) is 6.51. The average Bonchev–Trinajstić information content (AvgIpc) is 2.71. The van der Waals surface area contributed by atoms with Crippen LogP contribution >= 0.6 is 0 Å². The first-order valence-electron chi connectivity index (χ1n) is 8.23. The summed E-state index contributed by atoms with van der Waals surface area (Å²) < 4.78 is 0. The molecule has 1 aliphatic heterocycles. The number of para-hydroxylation sites is 2.